The summed E-state index contributed by atoms with van der Waals surface area (Å²) in [5, 5.41) is 21.7. The highest BCUT2D eigenvalue weighted by Gasteiger charge is 2.15. The van der Waals surface area contributed by atoms with Gasteiger partial charge in [-0.25, -0.2) is 4.79 Å². The number of carbonyl (C=O) groups excluding carboxylic acids is 1. The normalized spacial score (nSPS) is 10.8. The van der Waals surface area contributed by atoms with Crippen molar-refractivity contribution in [3.05, 3.63) is 91.5 Å². The minimum atomic E-state index is -1.07. The van der Waals surface area contributed by atoms with Crippen LogP contribution in [0.25, 0.3) is 6.08 Å². The van der Waals surface area contributed by atoms with Gasteiger partial charge in [0.2, 0.25) is 0 Å². The van der Waals surface area contributed by atoms with E-state index in [1.165, 1.54) is 37.5 Å². The van der Waals surface area contributed by atoms with E-state index in [2.05, 4.69) is 27.9 Å². The molecule has 0 saturated heterocycles. The summed E-state index contributed by atoms with van der Waals surface area (Å²) in [6.45, 7) is 0.244. The maximum Gasteiger partial charge on any atom is 0.335 e. The van der Waals surface area contributed by atoms with Gasteiger partial charge in [-0.05, 0) is 76.7 Å². The Morgan fingerprint density at radius 1 is 1.18 bits per heavy atom. The summed E-state index contributed by atoms with van der Waals surface area (Å²) in [6, 6.07) is 18.3. The van der Waals surface area contributed by atoms with Crippen molar-refractivity contribution in [2.24, 2.45) is 0 Å². The van der Waals surface area contributed by atoms with Gasteiger partial charge < -0.3 is 19.9 Å². The zero-order chi connectivity index (χ0) is 24.7. The van der Waals surface area contributed by atoms with Gasteiger partial charge >= 0.3 is 5.97 Å². The number of nitrogens with zero attached hydrogens (tertiary/aromatic N) is 1. The molecule has 0 saturated carbocycles. The Balaban J connectivity index is 1.80. The van der Waals surface area contributed by atoms with Crippen molar-refractivity contribution in [1.29, 1.82) is 5.26 Å². The van der Waals surface area contributed by atoms with E-state index in [1.54, 1.807) is 18.2 Å². The Labute approximate surface area is 214 Å². The Morgan fingerprint density at radius 3 is 2.50 bits per heavy atom. The molecule has 0 fully saturated rings. The second-order valence-corrected chi connectivity index (χ2v) is 8.49. The maximum absolute atomic E-state index is 12.6. The molecule has 1 amide bonds. The van der Waals surface area contributed by atoms with Gasteiger partial charge in [-0.1, -0.05) is 29.8 Å². The van der Waals surface area contributed by atoms with Crippen molar-refractivity contribution >= 4 is 57.8 Å². The molecule has 172 valence electrons. The molecule has 0 aliphatic heterocycles. The first-order chi connectivity index (χ1) is 16.3. The average molecular weight is 589 g/mol. The first-order valence-electron chi connectivity index (χ1n) is 9.82. The van der Waals surface area contributed by atoms with Gasteiger partial charge in [0, 0.05) is 16.3 Å². The highest BCUT2D eigenvalue weighted by atomic mass is 127. The molecule has 0 aliphatic carbocycles. The molecule has 0 heterocycles. The lowest BCUT2D eigenvalue weighted by atomic mass is 10.1. The summed E-state index contributed by atoms with van der Waals surface area (Å²) in [7, 11) is 1.50. The largest absolute Gasteiger partial charge is 0.493 e. The van der Waals surface area contributed by atoms with E-state index in [1.807, 2.05) is 24.3 Å². The number of halogens is 2. The molecule has 7 nitrogen and oxygen atoms in total. The van der Waals surface area contributed by atoms with Crippen molar-refractivity contribution in [3.63, 3.8) is 0 Å². The van der Waals surface area contributed by atoms with Crippen LogP contribution in [-0.4, -0.2) is 24.1 Å². The molecular formula is C25H18ClIN2O5. The fourth-order valence-corrected chi connectivity index (χ4v) is 3.91. The molecule has 0 aromatic heterocycles. The van der Waals surface area contributed by atoms with Gasteiger partial charge in [0.15, 0.2) is 11.5 Å². The average Bonchev–Trinajstić information content (AvgIpc) is 2.82. The number of rotatable bonds is 8. The van der Waals surface area contributed by atoms with Crippen LogP contribution in [-0.2, 0) is 11.4 Å². The number of nitrogens with one attached hydrogen (secondary N) is 1. The monoisotopic (exact) mass is 588 g/mol. The molecule has 0 atom stereocenters. The molecule has 0 spiro atoms. The van der Waals surface area contributed by atoms with Crippen molar-refractivity contribution in [2.75, 3.05) is 12.4 Å². The van der Waals surface area contributed by atoms with E-state index in [-0.39, 0.29) is 17.7 Å². The number of hydrogen-bond donors (Lipinski definition) is 2. The zero-order valence-electron chi connectivity index (χ0n) is 17.8. The van der Waals surface area contributed by atoms with Crippen LogP contribution < -0.4 is 14.8 Å². The van der Waals surface area contributed by atoms with E-state index < -0.39 is 11.9 Å². The molecule has 0 bridgehead atoms. The second kappa shape index (κ2) is 11.5. The van der Waals surface area contributed by atoms with Crippen LogP contribution >= 0.6 is 34.2 Å². The number of methoxy groups -OCH3 is 1. The van der Waals surface area contributed by atoms with Gasteiger partial charge in [0.25, 0.3) is 5.91 Å². The summed E-state index contributed by atoms with van der Waals surface area (Å²) in [4.78, 5) is 23.5. The summed E-state index contributed by atoms with van der Waals surface area (Å²) in [6.07, 6.45) is 1.43. The number of amides is 1. The summed E-state index contributed by atoms with van der Waals surface area (Å²) in [5.41, 5.74) is 1.72. The molecule has 3 aromatic carbocycles. The van der Waals surface area contributed by atoms with Crippen molar-refractivity contribution in [1.82, 2.24) is 0 Å². The Hall–Kier alpha value is -3.55. The lowest BCUT2D eigenvalue weighted by Crippen LogP contribution is -2.13. The molecular weight excluding hydrogens is 571 g/mol. The fourth-order valence-electron chi connectivity index (χ4n) is 2.94. The number of hydrogen-bond acceptors (Lipinski definition) is 5. The maximum atomic E-state index is 12.6. The quantitative estimate of drug-likeness (QED) is 0.196. The highest BCUT2D eigenvalue weighted by molar-refractivity contribution is 14.1. The van der Waals surface area contributed by atoms with Crippen LogP contribution in [0.1, 0.15) is 21.5 Å². The Morgan fingerprint density at radius 2 is 1.88 bits per heavy atom. The van der Waals surface area contributed by atoms with Gasteiger partial charge in [0.1, 0.15) is 18.2 Å². The van der Waals surface area contributed by atoms with Gasteiger partial charge in [0.05, 0.1) is 16.2 Å². The lowest BCUT2D eigenvalue weighted by molar-refractivity contribution is -0.112. The third-order valence-electron chi connectivity index (χ3n) is 4.65. The van der Waals surface area contributed by atoms with E-state index in [0.29, 0.717) is 27.8 Å². The summed E-state index contributed by atoms with van der Waals surface area (Å²) < 4.78 is 12.1. The van der Waals surface area contributed by atoms with Gasteiger partial charge in [-0.2, -0.15) is 5.26 Å². The first-order valence-corrected chi connectivity index (χ1v) is 11.3. The standard InChI is InChI=1S/C25H18ClIN2O5/c1-33-22-12-15(11-21(27)23(22)34-14-17-4-2-3-5-20(17)26)10-18(13-28)24(30)29-19-8-6-16(7-9-19)25(31)32/h2-12H,14H2,1H3,(H,29,30)(H,31,32)/b18-10+. The molecule has 3 aromatic rings. The minimum Gasteiger partial charge on any atom is -0.493 e. The van der Waals surface area contributed by atoms with Gasteiger partial charge in [-0.3, -0.25) is 4.79 Å². The molecule has 0 aliphatic rings. The highest BCUT2D eigenvalue weighted by Crippen LogP contribution is 2.35. The summed E-state index contributed by atoms with van der Waals surface area (Å²) >= 11 is 8.29. The van der Waals surface area contributed by atoms with Crippen LogP contribution in [0.15, 0.2) is 66.2 Å². The Kier molecular flexibility index (Phi) is 8.51. The predicted molar refractivity (Wildman–Crippen MR) is 137 cm³/mol. The molecule has 3 rings (SSSR count). The fraction of sp³-hybridized carbons (Fsp3) is 0.0800. The van der Waals surface area contributed by atoms with E-state index >= 15 is 0 Å². The summed E-state index contributed by atoms with van der Waals surface area (Å²) in [5.74, 6) is -0.745. The van der Waals surface area contributed by atoms with E-state index in [9.17, 15) is 14.9 Å². The number of carboxylic acids is 1. The number of aromatic carboxylic acids is 1. The Bertz CT molecular complexity index is 1300. The molecule has 9 heteroatoms. The van der Waals surface area contributed by atoms with E-state index in [4.69, 9.17) is 26.2 Å². The number of benzene rings is 3. The van der Waals surface area contributed by atoms with Gasteiger partial charge in [-0.15, -0.1) is 0 Å². The van der Waals surface area contributed by atoms with E-state index in [0.717, 1.165) is 9.13 Å². The molecule has 0 unspecified atom stereocenters. The number of ether oxygens (including phenoxy) is 2. The molecule has 2 N–H and O–H groups in total. The minimum absolute atomic E-state index is 0.0903. The van der Waals surface area contributed by atoms with Crippen LogP contribution in [0.5, 0.6) is 11.5 Å². The first kappa shape index (κ1) is 25.1. The van der Waals surface area contributed by atoms with Crippen molar-refractivity contribution in [3.8, 4) is 17.6 Å². The third kappa shape index (κ3) is 6.27. The van der Waals surface area contributed by atoms with Crippen LogP contribution in [0.4, 0.5) is 5.69 Å². The number of nitriles is 1. The molecule has 34 heavy (non-hydrogen) atoms. The van der Waals surface area contributed by atoms with Crippen molar-refractivity contribution < 1.29 is 24.2 Å². The number of carboxylic acid groups (broad SMARTS) is 1. The lowest BCUT2D eigenvalue weighted by Gasteiger charge is -2.14. The smallest absolute Gasteiger partial charge is 0.335 e. The third-order valence-corrected chi connectivity index (χ3v) is 5.82. The van der Waals surface area contributed by atoms with Crippen molar-refractivity contribution in [2.45, 2.75) is 6.61 Å². The number of anilines is 1. The van der Waals surface area contributed by atoms with Crippen LogP contribution in [0, 0.1) is 14.9 Å². The zero-order valence-corrected chi connectivity index (χ0v) is 20.8. The topological polar surface area (TPSA) is 109 Å². The number of carbonyl (C=O) groups is 2. The SMILES string of the molecule is COc1cc(/C=C(\C#N)C(=O)Nc2ccc(C(=O)O)cc2)cc(I)c1OCc1ccccc1Cl. The van der Waals surface area contributed by atoms with Crippen LogP contribution in [0.3, 0.4) is 0 Å². The predicted octanol–water partition coefficient (Wildman–Crippen LogP) is 5.78. The molecule has 0 radical (unpaired) electrons. The van der Waals surface area contributed by atoms with Crippen LogP contribution in [0.2, 0.25) is 5.02 Å². The second-order valence-electron chi connectivity index (χ2n) is 6.92.